The highest BCUT2D eigenvalue weighted by Crippen LogP contribution is 2.18. The fourth-order valence-electron chi connectivity index (χ4n) is 2.77. The van der Waals surface area contributed by atoms with Crippen molar-refractivity contribution in [3.05, 3.63) is 41.7 Å². The Labute approximate surface area is 154 Å². The van der Waals surface area contributed by atoms with E-state index in [2.05, 4.69) is 5.32 Å². The maximum atomic E-state index is 12.9. The molecular formula is C20H27FN2O3. The van der Waals surface area contributed by atoms with E-state index in [-0.39, 0.29) is 23.7 Å². The lowest BCUT2D eigenvalue weighted by Gasteiger charge is -2.34. The summed E-state index contributed by atoms with van der Waals surface area (Å²) >= 11 is 0. The van der Waals surface area contributed by atoms with Gasteiger partial charge in [0.15, 0.2) is 0 Å². The number of carbonyl (C=O) groups excluding carboxylic acids is 2. The molecule has 1 fully saturated rings. The van der Waals surface area contributed by atoms with Gasteiger partial charge < -0.3 is 15.0 Å². The first-order valence-electron chi connectivity index (χ1n) is 8.92. The van der Waals surface area contributed by atoms with Crippen LogP contribution in [0.5, 0.6) is 0 Å². The van der Waals surface area contributed by atoms with Gasteiger partial charge in [-0.05, 0) is 63.3 Å². The van der Waals surface area contributed by atoms with Crippen LogP contribution in [0.1, 0.15) is 39.2 Å². The van der Waals surface area contributed by atoms with Crippen molar-refractivity contribution in [2.24, 2.45) is 5.92 Å². The molecule has 1 aliphatic rings. The van der Waals surface area contributed by atoms with Gasteiger partial charge in [-0.1, -0.05) is 12.1 Å². The van der Waals surface area contributed by atoms with Crippen molar-refractivity contribution in [3.63, 3.8) is 0 Å². The molecule has 0 spiro atoms. The summed E-state index contributed by atoms with van der Waals surface area (Å²) in [5.41, 5.74) is 0.249. The Morgan fingerprint density at radius 3 is 2.65 bits per heavy atom. The fourth-order valence-corrected chi connectivity index (χ4v) is 2.77. The number of likely N-dealkylation sites (tertiary alicyclic amines) is 1. The van der Waals surface area contributed by atoms with E-state index in [1.165, 1.54) is 18.2 Å². The van der Waals surface area contributed by atoms with Crippen molar-refractivity contribution in [2.45, 2.75) is 39.2 Å². The standard InChI is InChI=1S/C20H27FN2O3/c1-20(2,3)26-19(25)23-12-4-5-16(14-23)13-22-18(24)11-8-15-6-9-17(21)10-7-15/h6-11,16H,4-5,12-14H2,1-3H3,(H,22,24). The predicted molar refractivity (Wildman–Crippen MR) is 99.0 cm³/mol. The zero-order valence-electron chi connectivity index (χ0n) is 15.6. The number of hydrogen-bond acceptors (Lipinski definition) is 3. The summed E-state index contributed by atoms with van der Waals surface area (Å²) in [5.74, 6) is -0.304. The second kappa shape index (κ2) is 8.83. The molecule has 1 aromatic carbocycles. The van der Waals surface area contributed by atoms with E-state index >= 15 is 0 Å². The summed E-state index contributed by atoms with van der Waals surface area (Å²) in [6.07, 6.45) is 4.63. The van der Waals surface area contributed by atoms with Gasteiger partial charge in [-0.15, -0.1) is 0 Å². The number of carbonyl (C=O) groups is 2. The zero-order chi connectivity index (χ0) is 19.2. The molecule has 0 saturated carbocycles. The van der Waals surface area contributed by atoms with Crippen LogP contribution in [0.4, 0.5) is 9.18 Å². The van der Waals surface area contributed by atoms with Crippen LogP contribution in [0.2, 0.25) is 0 Å². The Balaban J connectivity index is 1.78. The Bertz CT molecular complexity index is 650. The van der Waals surface area contributed by atoms with Gasteiger partial charge in [0.1, 0.15) is 11.4 Å². The lowest BCUT2D eigenvalue weighted by Crippen LogP contribution is -2.45. The highest BCUT2D eigenvalue weighted by molar-refractivity contribution is 5.91. The molecule has 1 unspecified atom stereocenters. The van der Waals surface area contributed by atoms with Crippen molar-refractivity contribution in [2.75, 3.05) is 19.6 Å². The first-order valence-corrected chi connectivity index (χ1v) is 8.92. The molecule has 1 atom stereocenters. The SMILES string of the molecule is CC(C)(C)OC(=O)N1CCCC(CNC(=O)C=Cc2ccc(F)cc2)C1. The van der Waals surface area contributed by atoms with Crippen LogP contribution in [0.15, 0.2) is 30.3 Å². The smallest absolute Gasteiger partial charge is 0.410 e. The number of benzene rings is 1. The van der Waals surface area contributed by atoms with Gasteiger partial charge in [0, 0.05) is 25.7 Å². The summed E-state index contributed by atoms with van der Waals surface area (Å²) < 4.78 is 18.3. The van der Waals surface area contributed by atoms with Crippen LogP contribution in [0.25, 0.3) is 6.08 Å². The maximum absolute atomic E-state index is 12.9. The summed E-state index contributed by atoms with van der Waals surface area (Å²) in [6, 6.07) is 5.92. The van der Waals surface area contributed by atoms with Crippen LogP contribution in [-0.2, 0) is 9.53 Å². The summed E-state index contributed by atoms with van der Waals surface area (Å²) in [7, 11) is 0. The summed E-state index contributed by atoms with van der Waals surface area (Å²) in [6.45, 7) is 7.31. The number of nitrogens with zero attached hydrogens (tertiary/aromatic N) is 1. The average molecular weight is 362 g/mol. The fraction of sp³-hybridized carbons (Fsp3) is 0.500. The molecule has 142 valence electrons. The van der Waals surface area contributed by atoms with Crippen LogP contribution in [0.3, 0.4) is 0 Å². The second-order valence-corrected chi connectivity index (χ2v) is 7.56. The van der Waals surface area contributed by atoms with Crippen LogP contribution < -0.4 is 5.32 Å². The number of ether oxygens (including phenoxy) is 1. The molecule has 0 bridgehead atoms. The van der Waals surface area contributed by atoms with E-state index in [9.17, 15) is 14.0 Å². The third-order valence-electron chi connectivity index (χ3n) is 4.03. The maximum Gasteiger partial charge on any atom is 0.410 e. The van der Waals surface area contributed by atoms with Gasteiger partial charge in [0.2, 0.25) is 5.91 Å². The van der Waals surface area contributed by atoms with Gasteiger partial charge in [0.25, 0.3) is 0 Å². The molecule has 0 aliphatic carbocycles. The number of piperidine rings is 1. The number of halogens is 1. The Hall–Kier alpha value is -2.37. The molecule has 1 aliphatic heterocycles. The third kappa shape index (κ3) is 6.86. The molecule has 1 N–H and O–H groups in total. The minimum Gasteiger partial charge on any atom is -0.444 e. The Morgan fingerprint density at radius 1 is 1.31 bits per heavy atom. The van der Waals surface area contributed by atoms with Gasteiger partial charge in [-0.3, -0.25) is 4.79 Å². The minimum atomic E-state index is -0.511. The highest BCUT2D eigenvalue weighted by atomic mass is 19.1. The molecule has 0 radical (unpaired) electrons. The van der Waals surface area contributed by atoms with Gasteiger partial charge in [0.05, 0.1) is 0 Å². The Kier molecular flexibility index (Phi) is 6.77. The average Bonchev–Trinajstić information content (AvgIpc) is 2.58. The van der Waals surface area contributed by atoms with Crippen LogP contribution in [0, 0.1) is 11.7 Å². The number of nitrogens with one attached hydrogen (secondary N) is 1. The summed E-state index contributed by atoms with van der Waals surface area (Å²) in [4.78, 5) is 25.8. The number of amides is 2. The molecule has 1 heterocycles. The van der Waals surface area contributed by atoms with Crippen molar-refractivity contribution < 1.29 is 18.7 Å². The number of rotatable bonds is 4. The van der Waals surface area contributed by atoms with E-state index < -0.39 is 5.60 Å². The molecule has 1 aromatic rings. The normalized spacial score (nSPS) is 18.0. The lowest BCUT2D eigenvalue weighted by molar-refractivity contribution is -0.116. The highest BCUT2D eigenvalue weighted by Gasteiger charge is 2.27. The van der Waals surface area contributed by atoms with E-state index in [1.54, 1.807) is 23.1 Å². The molecule has 5 nitrogen and oxygen atoms in total. The quantitative estimate of drug-likeness (QED) is 0.833. The Morgan fingerprint density at radius 2 is 2.00 bits per heavy atom. The molecule has 6 heteroatoms. The molecule has 26 heavy (non-hydrogen) atoms. The van der Waals surface area contributed by atoms with Crippen molar-refractivity contribution in [1.82, 2.24) is 10.2 Å². The van der Waals surface area contributed by atoms with Gasteiger partial charge >= 0.3 is 6.09 Å². The van der Waals surface area contributed by atoms with Crippen LogP contribution >= 0.6 is 0 Å². The molecule has 2 rings (SSSR count). The van der Waals surface area contributed by atoms with Crippen molar-refractivity contribution in [3.8, 4) is 0 Å². The van der Waals surface area contributed by atoms with Gasteiger partial charge in [-0.25, -0.2) is 9.18 Å². The van der Waals surface area contributed by atoms with E-state index in [4.69, 9.17) is 4.74 Å². The number of hydrogen-bond donors (Lipinski definition) is 1. The van der Waals surface area contributed by atoms with Crippen molar-refractivity contribution >= 4 is 18.1 Å². The zero-order valence-corrected chi connectivity index (χ0v) is 15.6. The largest absolute Gasteiger partial charge is 0.444 e. The predicted octanol–water partition coefficient (Wildman–Crippen LogP) is 3.60. The van der Waals surface area contributed by atoms with E-state index in [1.807, 2.05) is 20.8 Å². The first-order chi connectivity index (χ1) is 12.2. The minimum absolute atomic E-state index is 0.205. The third-order valence-corrected chi connectivity index (χ3v) is 4.03. The molecule has 1 saturated heterocycles. The van der Waals surface area contributed by atoms with Crippen molar-refractivity contribution in [1.29, 1.82) is 0 Å². The lowest BCUT2D eigenvalue weighted by atomic mass is 9.98. The first kappa shape index (κ1) is 19.9. The molecular weight excluding hydrogens is 335 g/mol. The topological polar surface area (TPSA) is 58.6 Å². The second-order valence-electron chi connectivity index (χ2n) is 7.56. The van der Waals surface area contributed by atoms with Gasteiger partial charge in [-0.2, -0.15) is 0 Å². The van der Waals surface area contributed by atoms with E-state index in [0.29, 0.717) is 19.6 Å². The van der Waals surface area contributed by atoms with Crippen LogP contribution in [-0.4, -0.2) is 42.1 Å². The summed E-state index contributed by atoms with van der Waals surface area (Å²) in [5, 5.41) is 2.86. The van der Waals surface area contributed by atoms with E-state index in [0.717, 1.165) is 18.4 Å². The monoisotopic (exact) mass is 362 g/mol. The molecule has 2 amide bonds. The molecule has 0 aromatic heterocycles.